The van der Waals surface area contributed by atoms with E-state index < -0.39 is 6.10 Å². The number of benzene rings is 1. The van der Waals surface area contributed by atoms with Crippen LogP contribution in [0.2, 0.25) is 0 Å². The first-order chi connectivity index (χ1) is 10.1. The molecule has 3 nitrogen and oxygen atoms in total. The first kappa shape index (κ1) is 13.2. The maximum Gasteiger partial charge on any atom is 0.166 e. The van der Waals surface area contributed by atoms with Gasteiger partial charge in [-0.05, 0) is 36.8 Å². The van der Waals surface area contributed by atoms with Gasteiger partial charge >= 0.3 is 0 Å². The summed E-state index contributed by atoms with van der Waals surface area (Å²) < 4.78 is 11.8. The Morgan fingerprint density at radius 1 is 1.38 bits per heavy atom. The van der Waals surface area contributed by atoms with Gasteiger partial charge in [0.15, 0.2) is 11.5 Å². The van der Waals surface area contributed by atoms with Gasteiger partial charge in [0.25, 0.3) is 0 Å². The molecular weight excluding hydrogens is 264 g/mol. The zero-order valence-corrected chi connectivity index (χ0v) is 12.6. The van der Waals surface area contributed by atoms with Crippen molar-refractivity contribution in [3.05, 3.63) is 35.4 Å². The summed E-state index contributed by atoms with van der Waals surface area (Å²) in [5.41, 5.74) is 2.64. The van der Waals surface area contributed by atoms with E-state index in [9.17, 15) is 5.11 Å². The summed E-state index contributed by atoms with van der Waals surface area (Å²) in [6.45, 7) is 2.32. The van der Waals surface area contributed by atoms with Gasteiger partial charge in [0.1, 0.15) is 6.10 Å². The third kappa shape index (κ3) is 1.76. The highest BCUT2D eigenvalue weighted by molar-refractivity contribution is 5.61. The normalized spacial score (nSPS) is 36.4. The van der Waals surface area contributed by atoms with Gasteiger partial charge in [0, 0.05) is 12.0 Å². The van der Waals surface area contributed by atoms with Crippen LogP contribution in [0, 0.1) is 5.92 Å². The van der Waals surface area contributed by atoms with Crippen LogP contribution in [0.25, 0.3) is 0 Å². The molecule has 2 aliphatic carbocycles. The van der Waals surface area contributed by atoms with Crippen LogP contribution in [0.5, 0.6) is 11.5 Å². The van der Waals surface area contributed by atoms with Crippen molar-refractivity contribution >= 4 is 0 Å². The van der Waals surface area contributed by atoms with Gasteiger partial charge in [-0.2, -0.15) is 0 Å². The first-order valence-corrected chi connectivity index (χ1v) is 7.88. The first-order valence-electron chi connectivity index (χ1n) is 7.88. The highest BCUT2D eigenvalue weighted by Crippen LogP contribution is 2.56. The van der Waals surface area contributed by atoms with E-state index in [1.807, 2.05) is 12.1 Å². The van der Waals surface area contributed by atoms with Crippen LogP contribution >= 0.6 is 0 Å². The summed E-state index contributed by atoms with van der Waals surface area (Å²) >= 11 is 0. The van der Waals surface area contributed by atoms with Crippen LogP contribution in [-0.2, 0) is 11.8 Å². The largest absolute Gasteiger partial charge is 0.493 e. The summed E-state index contributed by atoms with van der Waals surface area (Å²) in [7, 11) is 1.69. The smallest absolute Gasteiger partial charge is 0.166 e. The zero-order chi connectivity index (χ0) is 14.6. The van der Waals surface area contributed by atoms with Gasteiger partial charge in [-0.1, -0.05) is 25.1 Å². The molecular formula is C18H22O3. The van der Waals surface area contributed by atoms with Gasteiger partial charge in [-0.15, -0.1) is 0 Å². The van der Waals surface area contributed by atoms with Crippen molar-refractivity contribution in [2.24, 2.45) is 5.92 Å². The van der Waals surface area contributed by atoms with Gasteiger partial charge in [-0.25, -0.2) is 0 Å². The molecule has 0 saturated carbocycles. The molecule has 1 heterocycles. The molecule has 4 rings (SSSR count). The van der Waals surface area contributed by atoms with Crippen molar-refractivity contribution in [3.8, 4) is 11.5 Å². The van der Waals surface area contributed by atoms with Gasteiger partial charge in [0.2, 0.25) is 0 Å². The molecule has 0 unspecified atom stereocenters. The van der Waals surface area contributed by atoms with Crippen LogP contribution in [-0.4, -0.2) is 24.4 Å². The number of hydrogen-bond donors (Lipinski definition) is 1. The van der Waals surface area contributed by atoms with E-state index in [2.05, 4.69) is 19.1 Å². The fourth-order valence-corrected chi connectivity index (χ4v) is 4.33. The second-order valence-corrected chi connectivity index (χ2v) is 6.79. The Bertz CT molecular complexity index is 607. The van der Waals surface area contributed by atoms with Crippen molar-refractivity contribution < 1.29 is 14.6 Å². The standard InChI is InChI=1S/C18H22O3/c1-11-5-7-18-8-6-13(19)10-15(18)21-17-14(20-2)4-3-12(9-11)16(17)18/h3-4,6,8,11,13,15,19H,5,7,9-10H2,1-2H3/t11-,13+,15+,18-/m1/s1. The lowest BCUT2D eigenvalue weighted by Crippen LogP contribution is -2.41. The van der Waals surface area contributed by atoms with Gasteiger partial charge in [-0.3, -0.25) is 0 Å². The van der Waals surface area contributed by atoms with Crippen LogP contribution in [0.1, 0.15) is 37.3 Å². The monoisotopic (exact) mass is 286 g/mol. The number of ether oxygens (including phenoxy) is 2. The summed E-state index contributed by atoms with van der Waals surface area (Å²) in [5.74, 6) is 2.41. The highest BCUT2D eigenvalue weighted by Gasteiger charge is 2.52. The van der Waals surface area contributed by atoms with Crippen molar-refractivity contribution in [3.63, 3.8) is 0 Å². The van der Waals surface area contributed by atoms with Crippen LogP contribution < -0.4 is 9.47 Å². The minimum Gasteiger partial charge on any atom is -0.493 e. The van der Waals surface area contributed by atoms with Crippen LogP contribution in [0.15, 0.2) is 24.3 Å². The van der Waals surface area contributed by atoms with Gasteiger partial charge in [0.05, 0.1) is 18.6 Å². The average Bonchev–Trinajstić information content (AvgIpc) is 2.72. The number of hydrogen-bond acceptors (Lipinski definition) is 3. The van der Waals surface area contributed by atoms with E-state index in [4.69, 9.17) is 9.47 Å². The molecule has 4 atom stereocenters. The number of methoxy groups -OCH3 is 1. The molecule has 1 aromatic carbocycles. The average molecular weight is 286 g/mol. The molecule has 3 aliphatic rings. The third-order valence-electron chi connectivity index (χ3n) is 5.42. The van der Waals surface area contributed by atoms with Crippen molar-refractivity contribution in [1.29, 1.82) is 0 Å². The molecule has 1 aliphatic heterocycles. The Morgan fingerprint density at radius 3 is 3.05 bits per heavy atom. The summed E-state index contributed by atoms with van der Waals surface area (Å²) in [6.07, 6.45) is 7.85. The topological polar surface area (TPSA) is 38.7 Å². The second-order valence-electron chi connectivity index (χ2n) is 6.79. The van der Waals surface area contributed by atoms with Crippen molar-refractivity contribution in [1.82, 2.24) is 0 Å². The molecule has 0 bridgehead atoms. The maximum absolute atomic E-state index is 9.98. The number of rotatable bonds is 1. The number of aliphatic hydroxyl groups is 1. The lowest BCUT2D eigenvalue weighted by atomic mass is 9.69. The quantitative estimate of drug-likeness (QED) is 0.807. The Labute approximate surface area is 125 Å². The Morgan fingerprint density at radius 2 is 2.24 bits per heavy atom. The third-order valence-corrected chi connectivity index (χ3v) is 5.42. The molecule has 21 heavy (non-hydrogen) atoms. The Kier molecular flexibility index (Phi) is 2.83. The van der Waals surface area contributed by atoms with E-state index in [0.29, 0.717) is 12.3 Å². The molecule has 1 spiro atoms. The number of aliphatic hydroxyl groups excluding tert-OH is 1. The highest BCUT2D eigenvalue weighted by atomic mass is 16.5. The van der Waals surface area contributed by atoms with Crippen molar-refractivity contribution in [2.45, 2.75) is 50.2 Å². The van der Waals surface area contributed by atoms with E-state index in [1.54, 1.807) is 7.11 Å². The van der Waals surface area contributed by atoms with E-state index in [0.717, 1.165) is 24.3 Å². The minimum absolute atomic E-state index is 0.0350. The minimum atomic E-state index is -0.398. The second kappa shape index (κ2) is 4.51. The SMILES string of the molecule is COc1ccc2c3c1O[C@H]1C[C@@H](O)C=C[C@@]31CC[C@@H](C)C2. The van der Waals surface area contributed by atoms with E-state index in [-0.39, 0.29) is 11.5 Å². The summed E-state index contributed by atoms with van der Waals surface area (Å²) in [6, 6.07) is 4.23. The fraction of sp³-hybridized carbons (Fsp3) is 0.556. The van der Waals surface area contributed by atoms with Crippen LogP contribution in [0.4, 0.5) is 0 Å². The van der Waals surface area contributed by atoms with E-state index in [1.165, 1.54) is 17.5 Å². The molecule has 0 amide bonds. The molecule has 3 heteroatoms. The Balaban J connectivity index is 1.95. The molecule has 1 N–H and O–H groups in total. The van der Waals surface area contributed by atoms with E-state index >= 15 is 0 Å². The zero-order valence-electron chi connectivity index (χ0n) is 12.6. The predicted molar refractivity (Wildman–Crippen MR) is 81.0 cm³/mol. The molecule has 0 fully saturated rings. The fourth-order valence-electron chi connectivity index (χ4n) is 4.33. The lowest BCUT2D eigenvalue weighted by Gasteiger charge is -2.35. The molecule has 1 aromatic rings. The molecule has 112 valence electrons. The molecule has 0 saturated heterocycles. The molecule has 0 radical (unpaired) electrons. The summed E-state index contributed by atoms with van der Waals surface area (Å²) in [5, 5.41) is 9.98. The predicted octanol–water partition coefficient (Wildman–Crippen LogP) is 2.99. The lowest BCUT2D eigenvalue weighted by molar-refractivity contribution is 0.0832. The Hall–Kier alpha value is -1.48. The van der Waals surface area contributed by atoms with Crippen molar-refractivity contribution in [2.75, 3.05) is 7.11 Å². The maximum atomic E-state index is 9.98. The molecule has 0 aromatic heterocycles. The van der Waals surface area contributed by atoms with Crippen LogP contribution in [0.3, 0.4) is 0 Å². The van der Waals surface area contributed by atoms with Gasteiger partial charge < -0.3 is 14.6 Å². The summed E-state index contributed by atoms with van der Waals surface area (Å²) in [4.78, 5) is 0.